The topological polar surface area (TPSA) is 82.1 Å². The van der Waals surface area contributed by atoms with Gasteiger partial charge in [0, 0.05) is 0 Å². The van der Waals surface area contributed by atoms with Crippen LogP contribution in [0, 0.1) is 0 Å². The van der Waals surface area contributed by atoms with E-state index in [1.165, 1.54) is 0 Å². The summed E-state index contributed by atoms with van der Waals surface area (Å²) in [6.07, 6.45) is -4.21. The number of alkyl halides is 3. The van der Waals surface area contributed by atoms with E-state index < -0.39 is 40.0 Å². The Hall–Kier alpha value is -0.420. The molecule has 2 aliphatic heterocycles. The zero-order chi connectivity index (χ0) is 12.8. The molecule has 100 valence electrons. The van der Waals surface area contributed by atoms with Crippen molar-refractivity contribution in [2.75, 3.05) is 13.2 Å². The van der Waals surface area contributed by atoms with E-state index in [1.54, 1.807) is 0 Å². The maximum absolute atomic E-state index is 12.1. The third-order valence-corrected chi connectivity index (χ3v) is 3.58. The predicted molar refractivity (Wildman–Crippen MR) is 45.3 cm³/mol. The van der Waals surface area contributed by atoms with Gasteiger partial charge in [0.05, 0.1) is 13.2 Å². The number of aliphatic hydroxyl groups is 1. The van der Waals surface area contributed by atoms with Crippen molar-refractivity contribution in [3.8, 4) is 0 Å². The summed E-state index contributed by atoms with van der Waals surface area (Å²) in [7, 11) is -5.68. The van der Waals surface area contributed by atoms with Crippen LogP contribution >= 0.6 is 0 Å². The molecular weight excluding hydrogens is 269 g/mol. The van der Waals surface area contributed by atoms with Crippen molar-refractivity contribution in [2.45, 2.75) is 29.9 Å². The third-order valence-electron chi connectivity index (χ3n) is 2.52. The summed E-state index contributed by atoms with van der Waals surface area (Å²) in [5, 5.41) is 9.30. The molecule has 0 radical (unpaired) electrons. The van der Waals surface area contributed by atoms with Crippen molar-refractivity contribution >= 4 is 10.1 Å². The van der Waals surface area contributed by atoms with Gasteiger partial charge in [-0.05, 0) is 0 Å². The van der Waals surface area contributed by atoms with Gasteiger partial charge in [-0.1, -0.05) is 0 Å². The first-order chi connectivity index (χ1) is 7.72. The van der Waals surface area contributed by atoms with Crippen LogP contribution in [0.3, 0.4) is 0 Å². The van der Waals surface area contributed by atoms with Gasteiger partial charge in [-0.3, -0.25) is 4.18 Å². The fraction of sp³-hybridized carbons (Fsp3) is 1.00. The largest absolute Gasteiger partial charge is 0.523 e. The molecule has 2 rings (SSSR count). The second-order valence-electron chi connectivity index (χ2n) is 3.70. The summed E-state index contributed by atoms with van der Waals surface area (Å²) < 4.78 is 71.6. The molecule has 1 N–H and O–H groups in total. The summed E-state index contributed by atoms with van der Waals surface area (Å²) in [4.78, 5) is 0. The van der Waals surface area contributed by atoms with Gasteiger partial charge in [-0.25, -0.2) is 0 Å². The highest BCUT2D eigenvalue weighted by Crippen LogP contribution is 2.33. The molecule has 10 heteroatoms. The fourth-order valence-corrected chi connectivity index (χ4v) is 2.34. The van der Waals surface area contributed by atoms with Crippen molar-refractivity contribution in [3.05, 3.63) is 0 Å². The van der Waals surface area contributed by atoms with Crippen LogP contribution in [0.5, 0.6) is 0 Å². The monoisotopic (exact) mass is 278 g/mol. The minimum absolute atomic E-state index is 0.124. The number of hydrogen-bond acceptors (Lipinski definition) is 6. The van der Waals surface area contributed by atoms with Gasteiger partial charge in [0.2, 0.25) is 0 Å². The molecule has 0 bridgehead atoms. The first-order valence-corrected chi connectivity index (χ1v) is 6.04. The maximum atomic E-state index is 12.1. The summed E-state index contributed by atoms with van der Waals surface area (Å²) in [6.45, 7) is -0.497. The predicted octanol–water partition coefficient (Wildman–Crippen LogP) is -0.620. The lowest BCUT2D eigenvalue weighted by Gasteiger charge is -2.17. The Morgan fingerprint density at radius 1 is 1.18 bits per heavy atom. The SMILES string of the molecule is O=S(=O)(O[C@H]1COC2C1OC[C@@H]2O)C(F)(F)F. The standard InChI is InChI=1S/C7H9F3O6S/c8-7(9,10)17(12,13)16-4-2-15-5-3(11)1-14-6(4)5/h3-6,11H,1-2H2/t3-,4-,5?,6?/m0/s1. The van der Waals surface area contributed by atoms with E-state index >= 15 is 0 Å². The van der Waals surface area contributed by atoms with Crippen LogP contribution in [-0.2, 0) is 23.8 Å². The first-order valence-electron chi connectivity index (χ1n) is 4.63. The molecule has 4 atom stereocenters. The lowest BCUT2D eigenvalue weighted by molar-refractivity contribution is -0.0629. The zero-order valence-corrected chi connectivity index (χ0v) is 9.07. The normalized spacial score (nSPS) is 38.4. The van der Waals surface area contributed by atoms with E-state index in [0.717, 1.165) is 0 Å². The van der Waals surface area contributed by atoms with Crippen molar-refractivity contribution in [1.29, 1.82) is 0 Å². The minimum atomic E-state index is -5.68. The highest BCUT2D eigenvalue weighted by atomic mass is 32.2. The molecule has 0 aromatic heterocycles. The Morgan fingerprint density at radius 3 is 2.35 bits per heavy atom. The smallest absolute Gasteiger partial charge is 0.388 e. The molecule has 2 saturated heterocycles. The van der Waals surface area contributed by atoms with E-state index in [2.05, 4.69) is 4.18 Å². The number of rotatable bonds is 2. The van der Waals surface area contributed by atoms with Crippen LogP contribution < -0.4 is 0 Å². The second-order valence-corrected chi connectivity index (χ2v) is 5.26. The highest BCUT2D eigenvalue weighted by molar-refractivity contribution is 7.87. The Labute approximate surface area is 94.4 Å². The van der Waals surface area contributed by atoms with Crippen molar-refractivity contribution in [3.63, 3.8) is 0 Å². The van der Waals surface area contributed by atoms with E-state index in [4.69, 9.17) is 9.47 Å². The molecule has 0 aliphatic carbocycles. The molecule has 6 nitrogen and oxygen atoms in total. The summed E-state index contributed by atoms with van der Waals surface area (Å²) in [6, 6.07) is 0. The Bertz CT molecular complexity index is 393. The molecular formula is C7H9F3O6S. The highest BCUT2D eigenvalue weighted by Gasteiger charge is 2.54. The van der Waals surface area contributed by atoms with Gasteiger partial charge in [0.15, 0.2) is 0 Å². The molecule has 0 aromatic carbocycles. The van der Waals surface area contributed by atoms with Gasteiger partial charge in [-0.15, -0.1) is 0 Å². The molecule has 0 amide bonds. The number of ether oxygens (including phenoxy) is 2. The van der Waals surface area contributed by atoms with E-state index in [9.17, 15) is 26.7 Å². The van der Waals surface area contributed by atoms with Crippen LogP contribution in [0.15, 0.2) is 0 Å². The summed E-state index contributed by atoms with van der Waals surface area (Å²) in [5.74, 6) is 0. The number of fused-ring (bicyclic) bond motifs is 1. The molecule has 2 aliphatic rings. The average Bonchev–Trinajstić information content (AvgIpc) is 2.70. The Morgan fingerprint density at radius 2 is 1.76 bits per heavy atom. The van der Waals surface area contributed by atoms with Gasteiger partial charge < -0.3 is 14.6 Å². The quantitative estimate of drug-likeness (QED) is 0.535. The fourth-order valence-electron chi connectivity index (χ4n) is 1.74. The Balaban J connectivity index is 2.07. The van der Waals surface area contributed by atoms with E-state index in [0.29, 0.717) is 0 Å². The minimum Gasteiger partial charge on any atom is -0.388 e. The number of aliphatic hydroxyl groups excluding tert-OH is 1. The molecule has 0 saturated carbocycles. The van der Waals surface area contributed by atoms with Gasteiger partial charge in [0.1, 0.15) is 24.4 Å². The van der Waals surface area contributed by atoms with Crippen molar-refractivity contribution < 1.29 is 40.4 Å². The van der Waals surface area contributed by atoms with Crippen LogP contribution in [0.4, 0.5) is 13.2 Å². The van der Waals surface area contributed by atoms with E-state index in [-0.39, 0.29) is 13.2 Å². The van der Waals surface area contributed by atoms with Crippen LogP contribution in [0.1, 0.15) is 0 Å². The maximum Gasteiger partial charge on any atom is 0.523 e. The molecule has 2 fully saturated rings. The van der Waals surface area contributed by atoms with E-state index in [1.807, 2.05) is 0 Å². The molecule has 0 aromatic rings. The molecule has 0 spiro atoms. The van der Waals surface area contributed by atoms with Gasteiger partial charge in [-0.2, -0.15) is 21.6 Å². The molecule has 17 heavy (non-hydrogen) atoms. The van der Waals surface area contributed by atoms with Crippen LogP contribution in [0.2, 0.25) is 0 Å². The average molecular weight is 278 g/mol. The van der Waals surface area contributed by atoms with Crippen LogP contribution in [-0.4, -0.2) is 56.7 Å². The lowest BCUT2D eigenvalue weighted by Crippen LogP contribution is -2.37. The third kappa shape index (κ3) is 2.27. The second kappa shape index (κ2) is 4.05. The number of halogens is 3. The zero-order valence-electron chi connectivity index (χ0n) is 8.25. The summed E-state index contributed by atoms with van der Waals surface area (Å²) in [5.41, 5.74) is -5.48. The number of hydrogen-bond donors (Lipinski definition) is 1. The molecule has 2 unspecified atom stereocenters. The van der Waals surface area contributed by atoms with Gasteiger partial charge >= 0.3 is 15.6 Å². The van der Waals surface area contributed by atoms with Crippen molar-refractivity contribution in [1.82, 2.24) is 0 Å². The Kier molecular flexibility index (Phi) is 3.11. The lowest BCUT2D eigenvalue weighted by atomic mass is 10.1. The van der Waals surface area contributed by atoms with Crippen molar-refractivity contribution in [2.24, 2.45) is 0 Å². The molecule has 2 heterocycles. The first kappa shape index (κ1) is 13.0. The van der Waals surface area contributed by atoms with Gasteiger partial charge in [0.25, 0.3) is 0 Å². The van der Waals surface area contributed by atoms with Crippen LogP contribution in [0.25, 0.3) is 0 Å². The summed E-state index contributed by atoms with van der Waals surface area (Å²) >= 11 is 0.